The Hall–Kier alpha value is -2.88. The summed E-state index contributed by atoms with van der Waals surface area (Å²) in [7, 11) is 0. The molecule has 0 spiro atoms. The van der Waals surface area contributed by atoms with Crippen LogP contribution in [0.4, 0.5) is 13.2 Å². The number of likely N-dealkylation sites (tertiary alicyclic amines) is 2. The maximum atomic E-state index is 14.0. The number of nitrogens with zero attached hydrogens (tertiary/aromatic N) is 5. The van der Waals surface area contributed by atoms with Crippen LogP contribution in [0.1, 0.15) is 66.0 Å². The zero-order valence-corrected chi connectivity index (χ0v) is 27.1. The normalized spacial score (nSPS) is 19.1. The SMILES string of the molecule is N#Cc1cccc(C2CCN(CC(O)Cn3nc(-c4ccc(C(F)(F)F)c(SCCN5CCCCC5)c4)c4c3CCNC4)CC2)c1. The average Bonchev–Trinajstić information content (AvgIpc) is 3.43. The van der Waals surface area contributed by atoms with E-state index in [1.54, 1.807) is 12.1 Å². The molecule has 2 fully saturated rings. The van der Waals surface area contributed by atoms with Crippen LogP contribution < -0.4 is 5.32 Å². The number of piperidine rings is 2. The van der Waals surface area contributed by atoms with Gasteiger partial charge in [-0.2, -0.15) is 23.5 Å². The molecule has 4 heterocycles. The van der Waals surface area contributed by atoms with E-state index in [0.29, 0.717) is 48.1 Å². The number of β-amino-alcohol motifs (C(OH)–C–C–N with tert-alkyl or cyclic N) is 1. The highest BCUT2D eigenvalue weighted by atomic mass is 32.2. The molecule has 1 unspecified atom stereocenters. The fourth-order valence-corrected chi connectivity index (χ4v) is 8.28. The quantitative estimate of drug-likeness (QED) is 0.264. The van der Waals surface area contributed by atoms with Crippen molar-refractivity contribution < 1.29 is 18.3 Å². The van der Waals surface area contributed by atoms with Crippen LogP contribution in [0, 0.1) is 11.3 Å². The third-order valence-electron chi connectivity index (χ3n) is 9.61. The summed E-state index contributed by atoms with van der Waals surface area (Å²) >= 11 is 1.28. The summed E-state index contributed by atoms with van der Waals surface area (Å²) in [6, 6.07) is 14.5. The first kappa shape index (κ1) is 33.0. The Morgan fingerprint density at radius 2 is 1.83 bits per heavy atom. The van der Waals surface area contributed by atoms with Gasteiger partial charge in [0.25, 0.3) is 0 Å². The van der Waals surface area contributed by atoms with Crippen LogP contribution in [-0.2, 0) is 25.7 Å². The lowest BCUT2D eigenvalue weighted by Gasteiger charge is -2.33. The van der Waals surface area contributed by atoms with Gasteiger partial charge in [0.2, 0.25) is 0 Å². The maximum Gasteiger partial charge on any atom is 0.417 e. The number of aromatic nitrogens is 2. The number of benzene rings is 2. The molecule has 0 radical (unpaired) electrons. The first-order chi connectivity index (χ1) is 22.3. The molecule has 0 amide bonds. The fraction of sp³-hybridized carbons (Fsp3) is 0.543. The van der Waals surface area contributed by atoms with Crippen LogP contribution in [0.2, 0.25) is 0 Å². The number of alkyl halides is 3. The van der Waals surface area contributed by atoms with Crippen molar-refractivity contribution in [3.8, 4) is 17.3 Å². The monoisotopic (exact) mass is 652 g/mol. The minimum Gasteiger partial charge on any atom is -0.390 e. The summed E-state index contributed by atoms with van der Waals surface area (Å²) in [5.41, 5.74) is 4.72. The lowest BCUT2D eigenvalue weighted by atomic mass is 9.88. The Morgan fingerprint density at radius 1 is 1.02 bits per heavy atom. The van der Waals surface area contributed by atoms with Crippen molar-refractivity contribution in [3.63, 3.8) is 0 Å². The number of aliphatic hydroxyl groups excluding tert-OH is 1. The van der Waals surface area contributed by atoms with E-state index >= 15 is 0 Å². The third kappa shape index (κ3) is 7.97. The number of aliphatic hydroxyl groups is 1. The van der Waals surface area contributed by atoms with E-state index in [0.717, 1.165) is 82.6 Å². The van der Waals surface area contributed by atoms with Crippen molar-refractivity contribution >= 4 is 11.8 Å². The van der Waals surface area contributed by atoms with Gasteiger partial charge in [0.15, 0.2) is 0 Å². The van der Waals surface area contributed by atoms with Gasteiger partial charge in [0, 0.05) is 60.1 Å². The molecule has 3 aromatic rings. The summed E-state index contributed by atoms with van der Waals surface area (Å²) in [5, 5.41) is 28.7. The van der Waals surface area contributed by atoms with Gasteiger partial charge < -0.3 is 20.2 Å². The lowest BCUT2D eigenvalue weighted by Crippen LogP contribution is -2.40. The topological polar surface area (TPSA) is 80.4 Å². The van der Waals surface area contributed by atoms with Gasteiger partial charge in [0.1, 0.15) is 0 Å². The highest BCUT2D eigenvalue weighted by molar-refractivity contribution is 7.99. The van der Waals surface area contributed by atoms with Gasteiger partial charge in [-0.1, -0.05) is 24.6 Å². The number of thioether (sulfide) groups is 1. The smallest absolute Gasteiger partial charge is 0.390 e. The van der Waals surface area contributed by atoms with E-state index in [4.69, 9.17) is 5.10 Å². The molecule has 2 N–H and O–H groups in total. The Kier molecular flexibility index (Phi) is 10.7. The molecule has 1 atom stereocenters. The van der Waals surface area contributed by atoms with Crippen LogP contribution >= 0.6 is 11.8 Å². The largest absolute Gasteiger partial charge is 0.417 e. The van der Waals surface area contributed by atoms with E-state index in [1.165, 1.54) is 29.8 Å². The van der Waals surface area contributed by atoms with Crippen LogP contribution in [-0.4, -0.2) is 82.4 Å². The number of fused-ring (bicyclic) bond motifs is 1. The highest BCUT2D eigenvalue weighted by Crippen LogP contribution is 2.40. The summed E-state index contributed by atoms with van der Waals surface area (Å²) in [5.74, 6) is 1.02. The Morgan fingerprint density at radius 3 is 2.59 bits per heavy atom. The van der Waals surface area contributed by atoms with Crippen molar-refractivity contribution in [2.45, 2.75) is 74.7 Å². The Balaban J connectivity index is 1.13. The summed E-state index contributed by atoms with van der Waals surface area (Å²) in [6.07, 6.45) is 1.18. The van der Waals surface area contributed by atoms with Crippen molar-refractivity contribution in [2.24, 2.45) is 0 Å². The summed E-state index contributed by atoms with van der Waals surface area (Å²) < 4.78 is 43.9. The summed E-state index contributed by atoms with van der Waals surface area (Å²) in [6.45, 7) is 6.82. The molecule has 1 aromatic heterocycles. The second-order valence-corrected chi connectivity index (χ2v) is 13.9. The highest BCUT2D eigenvalue weighted by Gasteiger charge is 2.34. The van der Waals surface area contributed by atoms with E-state index < -0.39 is 17.8 Å². The van der Waals surface area contributed by atoms with Crippen molar-refractivity contribution in [3.05, 3.63) is 70.4 Å². The minimum atomic E-state index is -4.43. The average molecular weight is 653 g/mol. The van der Waals surface area contributed by atoms with Crippen molar-refractivity contribution in [1.82, 2.24) is 24.9 Å². The standard InChI is InChI=1S/C35H43F3N6OS/c36-35(37,38)31-8-7-28(20-33(31)46-18-17-42-13-2-1-3-14-42)34-30-22-40-12-9-32(30)44(41-34)24-29(45)23-43-15-10-26(11-16-43)27-6-4-5-25(19-27)21-39/h4-8,19-20,26,29,40,45H,1-3,9-18,22-24H2. The number of nitriles is 1. The predicted molar refractivity (Wildman–Crippen MR) is 175 cm³/mol. The van der Waals surface area contributed by atoms with Gasteiger partial charge in [0.05, 0.1) is 35.5 Å². The van der Waals surface area contributed by atoms with Crippen LogP contribution in [0.3, 0.4) is 0 Å². The number of nitrogens with one attached hydrogen (secondary N) is 1. The van der Waals surface area contributed by atoms with Gasteiger partial charge in [-0.3, -0.25) is 4.68 Å². The number of hydrogen-bond acceptors (Lipinski definition) is 7. The van der Waals surface area contributed by atoms with Gasteiger partial charge >= 0.3 is 6.18 Å². The molecule has 0 bridgehead atoms. The molecule has 3 aliphatic rings. The minimum absolute atomic E-state index is 0.247. The molecule has 7 nitrogen and oxygen atoms in total. The zero-order chi connectivity index (χ0) is 32.1. The van der Waals surface area contributed by atoms with Gasteiger partial charge in [-0.15, -0.1) is 11.8 Å². The molecule has 11 heteroatoms. The molecule has 46 heavy (non-hydrogen) atoms. The predicted octanol–water partition coefficient (Wildman–Crippen LogP) is 5.90. The summed E-state index contributed by atoms with van der Waals surface area (Å²) in [4.78, 5) is 4.88. The molecular weight excluding hydrogens is 609 g/mol. The first-order valence-corrected chi connectivity index (χ1v) is 17.5. The second kappa shape index (κ2) is 14.9. The second-order valence-electron chi connectivity index (χ2n) is 12.8. The number of rotatable bonds is 10. The molecule has 0 aliphatic carbocycles. The van der Waals surface area contributed by atoms with Crippen molar-refractivity contribution in [2.75, 3.05) is 51.6 Å². The molecule has 246 valence electrons. The first-order valence-electron chi connectivity index (χ1n) is 16.5. The molecule has 3 aliphatic heterocycles. The van der Waals surface area contributed by atoms with E-state index in [1.807, 2.05) is 22.9 Å². The van der Waals surface area contributed by atoms with Crippen LogP contribution in [0.25, 0.3) is 11.3 Å². The number of halogens is 3. The van der Waals surface area contributed by atoms with Gasteiger partial charge in [-0.05, 0) is 87.6 Å². The molecule has 2 aromatic carbocycles. The van der Waals surface area contributed by atoms with Crippen LogP contribution in [0.15, 0.2) is 47.4 Å². The van der Waals surface area contributed by atoms with Crippen molar-refractivity contribution in [1.29, 1.82) is 5.26 Å². The third-order valence-corrected chi connectivity index (χ3v) is 10.6. The lowest BCUT2D eigenvalue weighted by molar-refractivity contribution is -0.139. The van der Waals surface area contributed by atoms with E-state index in [2.05, 4.69) is 27.3 Å². The molecule has 2 saturated heterocycles. The number of hydrogen-bond donors (Lipinski definition) is 2. The van der Waals surface area contributed by atoms with E-state index in [9.17, 15) is 23.5 Å². The molecule has 6 rings (SSSR count). The Bertz CT molecular complexity index is 1520. The van der Waals surface area contributed by atoms with E-state index in [-0.39, 0.29) is 4.90 Å². The zero-order valence-electron chi connectivity index (χ0n) is 26.2. The fourth-order valence-electron chi connectivity index (χ4n) is 7.16. The Labute approximate surface area is 273 Å². The molecule has 0 saturated carbocycles. The molecular formula is C35H43F3N6OS. The van der Waals surface area contributed by atoms with Crippen LogP contribution in [0.5, 0.6) is 0 Å². The maximum absolute atomic E-state index is 14.0. The van der Waals surface area contributed by atoms with Gasteiger partial charge in [-0.25, -0.2) is 0 Å².